The molecule has 1 saturated heterocycles. The van der Waals surface area contributed by atoms with E-state index in [1.165, 1.54) is 4.90 Å². The van der Waals surface area contributed by atoms with Gasteiger partial charge in [-0.1, -0.05) is 22.0 Å². The number of ether oxygens (including phenoxy) is 2. The van der Waals surface area contributed by atoms with Crippen molar-refractivity contribution in [3.05, 3.63) is 28.2 Å². The zero-order valence-electron chi connectivity index (χ0n) is 14.2. The molecule has 2 rings (SSSR count). The molecule has 1 aromatic rings. The highest BCUT2D eigenvalue weighted by Crippen LogP contribution is 2.21. The number of hydrogen-bond acceptors (Lipinski definition) is 5. The van der Waals surface area contributed by atoms with Crippen LogP contribution in [0.5, 0.6) is 0 Å². The van der Waals surface area contributed by atoms with E-state index in [0.29, 0.717) is 18.8 Å². The number of nitrogens with two attached hydrogens (primary N) is 1. The second-order valence-electron chi connectivity index (χ2n) is 6.75. The van der Waals surface area contributed by atoms with Gasteiger partial charge in [0.05, 0.1) is 13.2 Å². The van der Waals surface area contributed by atoms with Crippen LogP contribution in [-0.2, 0) is 20.7 Å². The van der Waals surface area contributed by atoms with Crippen LogP contribution in [0.1, 0.15) is 26.3 Å². The zero-order valence-corrected chi connectivity index (χ0v) is 15.8. The van der Waals surface area contributed by atoms with Crippen molar-refractivity contribution in [1.29, 1.82) is 0 Å². The molecule has 0 bridgehead atoms. The van der Waals surface area contributed by atoms with Gasteiger partial charge in [-0.2, -0.15) is 0 Å². The fourth-order valence-electron chi connectivity index (χ4n) is 2.44. The second kappa shape index (κ2) is 7.53. The average Bonchev–Trinajstić information content (AvgIpc) is 2.48. The van der Waals surface area contributed by atoms with Crippen LogP contribution in [0.25, 0.3) is 0 Å². The number of ketones is 1. The van der Waals surface area contributed by atoms with Crippen LogP contribution in [-0.4, -0.2) is 48.2 Å². The molecule has 0 spiro atoms. The number of benzene rings is 1. The topological polar surface area (TPSA) is 81.9 Å². The van der Waals surface area contributed by atoms with Crippen molar-refractivity contribution in [3.63, 3.8) is 0 Å². The minimum Gasteiger partial charge on any atom is -0.444 e. The van der Waals surface area contributed by atoms with Gasteiger partial charge in [-0.3, -0.25) is 9.69 Å². The van der Waals surface area contributed by atoms with Crippen molar-refractivity contribution in [1.82, 2.24) is 4.90 Å². The normalized spacial score (nSPS) is 18.3. The Morgan fingerprint density at radius 2 is 2.12 bits per heavy atom. The van der Waals surface area contributed by atoms with Crippen LogP contribution in [0.3, 0.4) is 0 Å². The number of morpholine rings is 1. The summed E-state index contributed by atoms with van der Waals surface area (Å²) in [6, 6.07) is 4.74. The molecule has 2 N–H and O–H groups in total. The quantitative estimate of drug-likeness (QED) is 0.791. The fraction of sp³-hybridized carbons (Fsp3) is 0.529. The molecule has 7 heteroatoms. The highest BCUT2D eigenvalue weighted by Gasteiger charge is 2.35. The van der Waals surface area contributed by atoms with E-state index in [1.807, 2.05) is 6.07 Å². The Morgan fingerprint density at radius 1 is 1.42 bits per heavy atom. The van der Waals surface area contributed by atoms with Crippen molar-refractivity contribution in [2.24, 2.45) is 0 Å². The van der Waals surface area contributed by atoms with Crippen LogP contribution >= 0.6 is 15.9 Å². The molecular formula is C17H23BrN2O4. The van der Waals surface area contributed by atoms with Gasteiger partial charge in [0.25, 0.3) is 0 Å². The lowest BCUT2D eigenvalue weighted by Crippen LogP contribution is -2.54. The van der Waals surface area contributed by atoms with Gasteiger partial charge in [0, 0.05) is 23.1 Å². The third-order valence-corrected chi connectivity index (χ3v) is 4.09. The number of rotatable bonds is 3. The third-order valence-electron chi connectivity index (χ3n) is 3.60. The molecule has 132 valence electrons. The van der Waals surface area contributed by atoms with Crippen molar-refractivity contribution < 1.29 is 19.1 Å². The summed E-state index contributed by atoms with van der Waals surface area (Å²) < 4.78 is 11.6. The minimum atomic E-state index is -0.656. The van der Waals surface area contributed by atoms with E-state index in [-0.39, 0.29) is 18.8 Å². The number of nitrogen functional groups attached to an aromatic ring is 1. The summed E-state index contributed by atoms with van der Waals surface area (Å²) in [5.41, 5.74) is 6.62. The number of halogens is 1. The smallest absolute Gasteiger partial charge is 0.411 e. The summed E-state index contributed by atoms with van der Waals surface area (Å²) in [6.07, 6.45) is -0.347. The number of hydrogen-bond donors (Lipinski definition) is 1. The van der Waals surface area contributed by atoms with Crippen LogP contribution in [0.15, 0.2) is 22.7 Å². The monoisotopic (exact) mass is 398 g/mol. The maximum Gasteiger partial charge on any atom is 0.411 e. The molecular weight excluding hydrogens is 376 g/mol. The van der Waals surface area contributed by atoms with Gasteiger partial charge in [0.1, 0.15) is 11.6 Å². The Hall–Kier alpha value is -1.60. The summed E-state index contributed by atoms with van der Waals surface area (Å²) >= 11 is 3.34. The van der Waals surface area contributed by atoms with Gasteiger partial charge in [0.15, 0.2) is 5.78 Å². The van der Waals surface area contributed by atoms with Crippen molar-refractivity contribution in [3.8, 4) is 0 Å². The van der Waals surface area contributed by atoms with Crippen molar-refractivity contribution in [2.45, 2.75) is 38.8 Å². The maximum atomic E-state index is 12.7. The first kappa shape index (κ1) is 18.7. The van der Waals surface area contributed by atoms with Gasteiger partial charge in [-0.25, -0.2) is 4.79 Å². The molecule has 24 heavy (non-hydrogen) atoms. The summed E-state index contributed by atoms with van der Waals surface area (Å²) in [5, 5.41) is 0. The van der Waals surface area contributed by atoms with E-state index in [4.69, 9.17) is 15.2 Å². The van der Waals surface area contributed by atoms with E-state index in [2.05, 4.69) is 15.9 Å². The SMILES string of the molecule is CC(C)(C)OC(=O)N1CCOC[C@H]1C(=O)Cc1ccc(Br)cc1N. The molecule has 0 radical (unpaired) electrons. The molecule has 0 aliphatic carbocycles. The summed E-state index contributed by atoms with van der Waals surface area (Å²) in [5.74, 6) is -0.116. The molecule has 1 heterocycles. The number of carbonyl (C=O) groups is 2. The first-order valence-corrected chi connectivity index (χ1v) is 8.60. The minimum absolute atomic E-state index is 0.116. The molecule has 6 nitrogen and oxygen atoms in total. The van der Waals surface area contributed by atoms with Gasteiger partial charge in [0.2, 0.25) is 0 Å². The van der Waals surface area contributed by atoms with Crippen LogP contribution in [0.4, 0.5) is 10.5 Å². The van der Waals surface area contributed by atoms with Gasteiger partial charge in [-0.05, 0) is 38.5 Å². The van der Waals surface area contributed by atoms with Gasteiger partial charge >= 0.3 is 6.09 Å². The summed E-state index contributed by atoms with van der Waals surface area (Å²) in [4.78, 5) is 26.5. The molecule has 1 aliphatic heterocycles. The molecule has 1 atom stereocenters. The molecule has 1 aliphatic rings. The zero-order chi connectivity index (χ0) is 17.9. The number of anilines is 1. The number of nitrogens with zero attached hydrogens (tertiary/aromatic N) is 1. The van der Waals surface area contributed by atoms with E-state index in [0.717, 1.165) is 10.0 Å². The first-order chi connectivity index (χ1) is 11.2. The van der Waals surface area contributed by atoms with Gasteiger partial charge in [-0.15, -0.1) is 0 Å². The average molecular weight is 399 g/mol. The van der Waals surface area contributed by atoms with Crippen molar-refractivity contribution >= 4 is 33.5 Å². The third kappa shape index (κ3) is 4.95. The van der Waals surface area contributed by atoms with Crippen LogP contribution in [0.2, 0.25) is 0 Å². The van der Waals surface area contributed by atoms with E-state index < -0.39 is 17.7 Å². The van der Waals surface area contributed by atoms with Gasteiger partial charge < -0.3 is 15.2 Å². The highest BCUT2D eigenvalue weighted by molar-refractivity contribution is 9.10. The summed E-state index contributed by atoms with van der Waals surface area (Å²) in [6.45, 7) is 6.29. The van der Waals surface area contributed by atoms with Crippen LogP contribution < -0.4 is 5.73 Å². The molecule has 1 amide bonds. The Kier molecular flexibility index (Phi) is 5.87. The number of Topliss-reactive ketones (excluding diaryl/α,β-unsaturated/α-hetero) is 1. The maximum absolute atomic E-state index is 12.7. The lowest BCUT2D eigenvalue weighted by atomic mass is 10.0. The largest absolute Gasteiger partial charge is 0.444 e. The first-order valence-electron chi connectivity index (χ1n) is 7.81. The Balaban J connectivity index is 2.11. The fourth-order valence-corrected chi connectivity index (χ4v) is 2.82. The van der Waals surface area contributed by atoms with Crippen molar-refractivity contribution in [2.75, 3.05) is 25.5 Å². The molecule has 1 aromatic carbocycles. The van der Waals surface area contributed by atoms with E-state index >= 15 is 0 Å². The molecule has 0 aromatic heterocycles. The Bertz CT molecular complexity index is 628. The molecule has 0 saturated carbocycles. The lowest BCUT2D eigenvalue weighted by molar-refractivity contribution is -0.129. The second-order valence-corrected chi connectivity index (χ2v) is 7.67. The predicted octanol–water partition coefficient (Wildman–Crippen LogP) is 2.78. The Labute approximate surface area is 150 Å². The summed E-state index contributed by atoms with van der Waals surface area (Å²) in [7, 11) is 0. The molecule has 0 unspecified atom stereocenters. The Morgan fingerprint density at radius 3 is 2.75 bits per heavy atom. The van der Waals surface area contributed by atoms with Crippen LogP contribution in [0, 0.1) is 0 Å². The molecule has 1 fully saturated rings. The van der Waals surface area contributed by atoms with E-state index in [1.54, 1.807) is 32.9 Å². The number of amides is 1. The standard InChI is InChI=1S/C17H23BrN2O4/c1-17(2,3)24-16(22)20-6-7-23-10-14(20)15(21)8-11-4-5-12(18)9-13(11)19/h4-5,9,14H,6-8,10,19H2,1-3H3/t14-/m0/s1. The predicted molar refractivity (Wildman–Crippen MR) is 94.8 cm³/mol. The highest BCUT2D eigenvalue weighted by atomic mass is 79.9. The lowest BCUT2D eigenvalue weighted by Gasteiger charge is -2.35. The number of carbonyl (C=O) groups excluding carboxylic acids is 2. The van der Waals surface area contributed by atoms with E-state index in [9.17, 15) is 9.59 Å².